The highest BCUT2D eigenvalue weighted by atomic mass is 32.1. The maximum absolute atomic E-state index is 11.0. The van der Waals surface area contributed by atoms with E-state index < -0.39 is 0 Å². The molecule has 3 N–H and O–H groups in total. The first-order chi connectivity index (χ1) is 8.02. The van der Waals surface area contributed by atoms with E-state index in [9.17, 15) is 4.79 Å². The SMILES string of the molecule is CCC(=O)NNC(=S)Nc1ccc(C)c(C)c1. The lowest BCUT2D eigenvalue weighted by Crippen LogP contribution is -2.43. The normalized spacial score (nSPS) is 9.59. The Morgan fingerprint density at radius 1 is 1.24 bits per heavy atom. The predicted octanol–water partition coefficient (Wildman–Crippen LogP) is 2.03. The van der Waals surface area contributed by atoms with E-state index >= 15 is 0 Å². The first kappa shape index (κ1) is 13.4. The van der Waals surface area contributed by atoms with E-state index in [0.29, 0.717) is 11.5 Å². The first-order valence-electron chi connectivity index (χ1n) is 5.46. The number of nitrogens with one attached hydrogen (secondary N) is 3. The lowest BCUT2D eigenvalue weighted by atomic mass is 10.1. The molecule has 1 aromatic rings. The van der Waals surface area contributed by atoms with Crippen molar-refractivity contribution in [3.05, 3.63) is 29.3 Å². The van der Waals surface area contributed by atoms with Crippen LogP contribution in [0.5, 0.6) is 0 Å². The second-order valence-corrected chi connectivity index (χ2v) is 4.19. The summed E-state index contributed by atoms with van der Waals surface area (Å²) in [6.45, 7) is 5.86. The number of benzene rings is 1. The largest absolute Gasteiger partial charge is 0.331 e. The van der Waals surface area contributed by atoms with Gasteiger partial charge in [0.1, 0.15) is 0 Å². The van der Waals surface area contributed by atoms with Gasteiger partial charge in [-0.15, -0.1) is 0 Å². The minimum absolute atomic E-state index is 0.103. The van der Waals surface area contributed by atoms with Crippen molar-refractivity contribution in [1.29, 1.82) is 0 Å². The Morgan fingerprint density at radius 2 is 1.94 bits per heavy atom. The van der Waals surface area contributed by atoms with Gasteiger partial charge < -0.3 is 5.32 Å². The third kappa shape index (κ3) is 4.40. The van der Waals surface area contributed by atoms with E-state index in [1.807, 2.05) is 25.1 Å². The van der Waals surface area contributed by atoms with Crippen LogP contribution in [-0.2, 0) is 4.79 Å². The van der Waals surface area contributed by atoms with Crippen LogP contribution >= 0.6 is 12.2 Å². The van der Waals surface area contributed by atoms with Crippen molar-refractivity contribution in [2.45, 2.75) is 27.2 Å². The Kier molecular flexibility index (Phi) is 4.90. The topological polar surface area (TPSA) is 53.2 Å². The summed E-state index contributed by atoms with van der Waals surface area (Å²) in [4.78, 5) is 11.0. The number of thiocarbonyl (C=S) groups is 1. The van der Waals surface area contributed by atoms with E-state index in [4.69, 9.17) is 12.2 Å². The molecule has 0 spiro atoms. The summed E-state index contributed by atoms with van der Waals surface area (Å²) in [6, 6.07) is 5.97. The van der Waals surface area contributed by atoms with Crippen molar-refractivity contribution in [2.24, 2.45) is 0 Å². The highest BCUT2D eigenvalue weighted by molar-refractivity contribution is 7.80. The first-order valence-corrected chi connectivity index (χ1v) is 5.87. The zero-order valence-corrected chi connectivity index (χ0v) is 11.1. The third-order valence-corrected chi connectivity index (χ3v) is 2.61. The van der Waals surface area contributed by atoms with E-state index in [2.05, 4.69) is 23.1 Å². The second kappa shape index (κ2) is 6.20. The molecule has 1 aromatic carbocycles. The fraction of sp³-hybridized carbons (Fsp3) is 0.333. The number of hydrazine groups is 1. The fourth-order valence-corrected chi connectivity index (χ4v) is 1.37. The molecule has 0 saturated heterocycles. The molecule has 0 unspecified atom stereocenters. The zero-order valence-electron chi connectivity index (χ0n) is 10.3. The molecule has 92 valence electrons. The number of hydrogen-bond donors (Lipinski definition) is 3. The summed E-state index contributed by atoms with van der Waals surface area (Å²) in [6.07, 6.45) is 0.416. The zero-order chi connectivity index (χ0) is 12.8. The van der Waals surface area contributed by atoms with Crippen LogP contribution in [0, 0.1) is 13.8 Å². The predicted molar refractivity (Wildman–Crippen MR) is 73.7 cm³/mol. The van der Waals surface area contributed by atoms with Gasteiger partial charge in [0.15, 0.2) is 5.11 Å². The van der Waals surface area contributed by atoms with Gasteiger partial charge >= 0.3 is 0 Å². The summed E-state index contributed by atoms with van der Waals surface area (Å²) in [7, 11) is 0. The van der Waals surface area contributed by atoms with Crippen molar-refractivity contribution in [1.82, 2.24) is 10.9 Å². The molecular formula is C12H17N3OS. The van der Waals surface area contributed by atoms with E-state index in [1.54, 1.807) is 6.92 Å². The number of hydrogen-bond acceptors (Lipinski definition) is 2. The summed E-state index contributed by atoms with van der Waals surface area (Å²) in [5.74, 6) is -0.103. The molecule has 0 aromatic heterocycles. The molecule has 0 aliphatic rings. The minimum atomic E-state index is -0.103. The summed E-state index contributed by atoms with van der Waals surface area (Å²) < 4.78 is 0. The van der Waals surface area contributed by atoms with Gasteiger partial charge in [-0.3, -0.25) is 15.6 Å². The molecule has 0 radical (unpaired) electrons. The van der Waals surface area contributed by atoms with E-state index in [-0.39, 0.29) is 5.91 Å². The molecule has 0 aliphatic carbocycles. The van der Waals surface area contributed by atoms with Crippen LogP contribution in [-0.4, -0.2) is 11.0 Å². The Hall–Kier alpha value is -1.62. The van der Waals surface area contributed by atoms with Crippen LogP contribution in [0.25, 0.3) is 0 Å². The molecule has 0 aliphatic heterocycles. The molecule has 1 amide bonds. The van der Waals surface area contributed by atoms with Crippen LogP contribution < -0.4 is 16.2 Å². The number of rotatable bonds is 2. The summed E-state index contributed by atoms with van der Waals surface area (Å²) in [5.41, 5.74) is 8.44. The molecule has 0 saturated carbocycles. The van der Waals surface area contributed by atoms with Gasteiger partial charge in [-0.25, -0.2) is 0 Å². The van der Waals surface area contributed by atoms with Crippen LogP contribution in [0.1, 0.15) is 24.5 Å². The Labute approximate surface area is 107 Å². The smallest absolute Gasteiger partial charge is 0.238 e. The quantitative estimate of drug-likeness (QED) is 0.556. The van der Waals surface area contributed by atoms with Gasteiger partial charge in [0.25, 0.3) is 0 Å². The van der Waals surface area contributed by atoms with Crippen LogP contribution in [0.15, 0.2) is 18.2 Å². The highest BCUT2D eigenvalue weighted by Crippen LogP contribution is 2.13. The number of aryl methyl sites for hydroxylation is 2. The average Bonchev–Trinajstić information content (AvgIpc) is 2.31. The Morgan fingerprint density at radius 3 is 2.53 bits per heavy atom. The molecule has 1 rings (SSSR count). The molecule has 0 heterocycles. The van der Waals surface area contributed by atoms with Crippen molar-refractivity contribution < 1.29 is 4.79 Å². The lowest BCUT2D eigenvalue weighted by molar-refractivity contribution is -0.121. The van der Waals surface area contributed by atoms with Gasteiger partial charge in [0.2, 0.25) is 5.91 Å². The molecule has 17 heavy (non-hydrogen) atoms. The third-order valence-electron chi connectivity index (χ3n) is 2.40. The van der Waals surface area contributed by atoms with Crippen molar-refractivity contribution in [3.63, 3.8) is 0 Å². The van der Waals surface area contributed by atoms with Crippen molar-refractivity contribution >= 4 is 28.9 Å². The number of carbonyl (C=O) groups is 1. The molecular weight excluding hydrogens is 234 g/mol. The fourth-order valence-electron chi connectivity index (χ4n) is 1.20. The molecule has 0 bridgehead atoms. The monoisotopic (exact) mass is 251 g/mol. The van der Waals surface area contributed by atoms with Crippen molar-refractivity contribution in [2.75, 3.05) is 5.32 Å². The summed E-state index contributed by atoms with van der Waals surface area (Å²) >= 11 is 5.04. The highest BCUT2D eigenvalue weighted by Gasteiger charge is 2.00. The minimum Gasteiger partial charge on any atom is -0.331 e. The number of amides is 1. The lowest BCUT2D eigenvalue weighted by Gasteiger charge is -2.12. The molecule has 5 heteroatoms. The second-order valence-electron chi connectivity index (χ2n) is 3.78. The maximum atomic E-state index is 11.0. The Balaban J connectivity index is 2.50. The van der Waals surface area contributed by atoms with Crippen molar-refractivity contribution in [3.8, 4) is 0 Å². The van der Waals surface area contributed by atoms with Gasteiger partial charge in [0.05, 0.1) is 0 Å². The van der Waals surface area contributed by atoms with Crippen LogP contribution in [0.4, 0.5) is 5.69 Å². The average molecular weight is 251 g/mol. The van der Waals surface area contributed by atoms with Crippen LogP contribution in [0.3, 0.4) is 0 Å². The van der Waals surface area contributed by atoms with E-state index in [1.165, 1.54) is 11.1 Å². The van der Waals surface area contributed by atoms with Gasteiger partial charge in [-0.1, -0.05) is 13.0 Å². The summed E-state index contributed by atoms with van der Waals surface area (Å²) in [5, 5.41) is 3.37. The molecule has 0 atom stereocenters. The van der Waals surface area contributed by atoms with Gasteiger partial charge in [0, 0.05) is 12.1 Å². The van der Waals surface area contributed by atoms with Gasteiger partial charge in [-0.2, -0.15) is 0 Å². The van der Waals surface area contributed by atoms with Gasteiger partial charge in [-0.05, 0) is 49.3 Å². The van der Waals surface area contributed by atoms with E-state index in [0.717, 1.165) is 5.69 Å². The maximum Gasteiger partial charge on any atom is 0.238 e. The molecule has 0 fully saturated rings. The number of carbonyl (C=O) groups excluding carboxylic acids is 1. The Bertz CT molecular complexity index is 432. The number of anilines is 1. The molecule has 4 nitrogen and oxygen atoms in total. The van der Waals surface area contributed by atoms with Crippen LogP contribution in [0.2, 0.25) is 0 Å². The standard InChI is InChI=1S/C12H17N3OS/c1-4-11(16)14-15-12(17)13-10-6-5-8(2)9(3)7-10/h5-7H,4H2,1-3H3,(H,14,16)(H2,13,15,17).